The highest BCUT2D eigenvalue weighted by molar-refractivity contribution is 7.89. The Bertz CT molecular complexity index is 784. The molecule has 0 saturated carbocycles. The number of fused-ring (bicyclic) bond motifs is 1. The standard InChI is InChI=1S/C17H23N3O5S/c1-4-19(11-15(21)18-12(2)3)26(24,25)10-9-20-16(22)13-7-5-6-8-14(13)17(20)23/h5-8,12H,4,9-11H2,1-3H3,(H,18,21). The Morgan fingerprint density at radius 1 is 1.15 bits per heavy atom. The highest BCUT2D eigenvalue weighted by Gasteiger charge is 2.36. The molecule has 8 nitrogen and oxygen atoms in total. The van der Waals surface area contributed by atoms with E-state index in [0.29, 0.717) is 0 Å². The van der Waals surface area contributed by atoms with Crippen LogP contribution in [0, 0.1) is 0 Å². The molecule has 1 aliphatic heterocycles. The van der Waals surface area contributed by atoms with Crippen LogP contribution in [0.4, 0.5) is 0 Å². The Kier molecular flexibility index (Phi) is 6.14. The lowest BCUT2D eigenvalue weighted by atomic mass is 10.1. The van der Waals surface area contributed by atoms with E-state index in [1.165, 1.54) is 0 Å². The van der Waals surface area contributed by atoms with Gasteiger partial charge in [0.15, 0.2) is 0 Å². The van der Waals surface area contributed by atoms with Crippen LogP contribution in [-0.2, 0) is 14.8 Å². The Balaban J connectivity index is 2.04. The molecule has 9 heteroatoms. The summed E-state index contributed by atoms with van der Waals surface area (Å²) in [5, 5.41) is 2.64. The second kappa shape index (κ2) is 7.96. The number of nitrogens with one attached hydrogen (secondary N) is 1. The van der Waals surface area contributed by atoms with Gasteiger partial charge in [0.25, 0.3) is 11.8 Å². The van der Waals surface area contributed by atoms with Crippen LogP contribution in [0.2, 0.25) is 0 Å². The van der Waals surface area contributed by atoms with Gasteiger partial charge in [-0.3, -0.25) is 19.3 Å². The van der Waals surface area contributed by atoms with E-state index in [0.717, 1.165) is 9.21 Å². The lowest BCUT2D eigenvalue weighted by molar-refractivity contribution is -0.121. The molecule has 0 saturated heterocycles. The van der Waals surface area contributed by atoms with Crippen molar-refractivity contribution in [2.24, 2.45) is 0 Å². The molecule has 0 aromatic heterocycles. The highest BCUT2D eigenvalue weighted by Crippen LogP contribution is 2.22. The zero-order valence-electron chi connectivity index (χ0n) is 15.1. The zero-order valence-corrected chi connectivity index (χ0v) is 15.9. The van der Waals surface area contributed by atoms with Gasteiger partial charge in [-0.05, 0) is 26.0 Å². The van der Waals surface area contributed by atoms with E-state index in [1.807, 2.05) is 0 Å². The molecule has 0 bridgehead atoms. The minimum atomic E-state index is -3.80. The van der Waals surface area contributed by atoms with Crippen molar-refractivity contribution < 1.29 is 22.8 Å². The van der Waals surface area contributed by atoms with Crippen molar-refractivity contribution >= 4 is 27.7 Å². The van der Waals surface area contributed by atoms with E-state index in [1.54, 1.807) is 45.0 Å². The van der Waals surface area contributed by atoms with Crippen molar-refractivity contribution in [1.82, 2.24) is 14.5 Å². The van der Waals surface area contributed by atoms with E-state index >= 15 is 0 Å². The van der Waals surface area contributed by atoms with Gasteiger partial charge in [0.1, 0.15) is 0 Å². The average molecular weight is 381 g/mol. The number of likely N-dealkylation sites (N-methyl/N-ethyl adjacent to an activating group) is 1. The van der Waals surface area contributed by atoms with E-state index in [4.69, 9.17) is 0 Å². The third-order valence-electron chi connectivity index (χ3n) is 3.97. The first-order valence-electron chi connectivity index (χ1n) is 8.39. The number of carbonyl (C=O) groups excluding carboxylic acids is 3. The summed E-state index contributed by atoms with van der Waals surface area (Å²) < 4.78 is 26.1. The van der Waals surface area contributed by atoms with E-state index < -0.39 is 33.5 Å². The molecule has 26 heavy (non-hydrogen) atoms. The van der Waals surface area contributed by atoms with Crippen molar-refractivity contribution in [2.45, 2.75) is 26.8 Å². The molecule has 0 radical (unpaired) electrons. The molecule has 2 rings (SSSR count). The van der Waals surface area contributed by atoms with Crippen molar-refractivity contribution in [3.8, 4) is 0 Å². The first kappa shape index (κ1) is 20.1. The summed E-state index contributed by atoms with van der Waals surface area (Å²) in [6, 6.07) is 6.28. The molecule has 1 aromatic carbocycles. The number of hydrogen-bond acceptors (Lipinski definition) is 5. The number of sulfonamides is 1. The summed E-state index contributed by atoms with van der Waals surface area (Å²) in [5.74, 6) is -1.82. The number of nitrogens with zero attached hydrogens (tertiary/aromatic N) is 2. The molecule has 0 spiro atoms. The number of benzene rings is 1. The molecule has 0 aliphatic carbocycles. The van der Waals surface area contributed by atoms with Gasteiger partial charge in [0.2, 0.25) is 15.9 Å². The second-order valence-electron chi connectivity index (χ2n) is 6.27. The van der Waals surface area contributed by atoms with Crippen LogP contribution in [0.3, 0.4) is 0 Å². The summed E-state index contributed by atoms with van der Waals surface area (Å²) in [6.45, 7) is 4.77. The molecular weight excluding hydrogens is 358 g/mol. The van der Waals surface area contributed by atoms with Crippen molar-refractivity contribution in [1.29, 1.82) is 0 Å². The normalized spacial score (nSPS) is 14.3. The maximum Gasteiger partial charge on any atom is 0.261 e. The smallest absolute Gasteiger partial charge is 0.261 e. The van der Waals surface area contributed by atoms with Crippen molar-refractivity contribution in [2.75, 3.05) is 25.4 Å². The third kappa shape index (κ3) is 4.28. The van der Waals surface area contributed by atoms with Gasteiger partial charge < -0.3 is 5.32 Å². The highest BCUT2D eigenvalue weighted by atomic mass is 32.2. The lowest BCUT2D eigenvalue weighted by Gasteiger charge is -2.22. The molecule has 1 aromatic rings. The fraction of sp³-hybridized carbons (Fsp3) is 0.471. The van der Waals surface area contributed by atoms with Crippen LogP contribution in [-0.4, -0.2) is 66.8 Å². The van der Waals surface area contributed by atoms with Crippen LogP contribution in [0.25, 0.3) is 0 Å². The minimum absolute atomic E-state index is 0.0951. The van der Waals surface area contributed by atoms with Gasteiger partial charge in [-0.15, -0.1) is 0 Å². The summed E-state index contributed by atoms with van der Waals surface area (Å²) in [5.41, 5.74) is 0.553. The van der Waals surface area contributed by atoms with Crippen molar-refractivity contribution in [3.05, 3.63) is 35.4 Å². The summed E-state index contributed by atoms with van der Waals surface area (Å²) >= 11 is 0. The van der Waals surface area contributed by atoms with Crippen LogP contribution < -0.4 is 5.32 Å². The Morgan fingerprint density at radius 2 is 1.69 bits per heavy atom. The fourth-order valence-corrected chi connectivity index (χ4v) is 4.09. The number of imide groups is 1. The molecule has 0 fully saturated rings. The van der Waals surface area contributed by atoms with E-state index in [-0.39, 0.29) is 36.8 Å². The minimum Gasteiger partial charge on any atom is -0.353 e. The first-order chi connectivity index (χ1) is 12.2. The predicted molar refractivity (Wildman–Crippen MR) is 96.1 cm³/mol. The summed E-state index contributed by atoms with van der Waals surface area (Å²) in [6.07, 6.45) is 0. The van der Waals surface area contributed by atoms with Crippen LogP contribution >= 0.6 is 0 Å². The topological polar surface area (TPSA) is 104 Å². The number of rotatable bonds is 8. The molecule has 3 amide bonds. The number of amides is 3. The lowest BCUT2D eigenvalue weighted by Crippen LogP contribution is -2.45. The van der Waals surface area contributed by atoms with E-state index in [9.17, 15) is 22.8 Å². The average Bonchev–Trinajstić information content (AvgIpc) is 2.81. The summed E-state index contributed by atoms with van der Waals surface area (Å²) in [7, 11) is -3.80. The van der Waals surface area contributed by atoms with Gasteiger partial charge in [-0.2, -0.15) is 4.31 Å². The SMILES string of the molecule is CCN(CC(=O)NC(C)C)S(=O)(=O)CCN1C(=O)c2ccccc2C1=O. The molecule has 0 atom stereocenters. The Hall–Kier alpha value is -2.26. The monoisotopic (exact) mass is 381 g/mol. The zero-order chi connectivity index (χ0) is 19.5. The van der Waals surface area contributed by atoms with Crippen molar-refractivity contribution in [3.63, 3.8) is 0 Å². The second-order valence-corrected chi connectivity index (χ2v) is 8.36. The van der Waals surface area contributed by atoms with E-state index in [2.05, 4.69) is 5.32 Å². The molecule has 1 N–H and O–H groups in total. The van der Waals surface area contributed by atoms with Crippen LogP contribution in [0.5, 0.6) is 0 Å². The summed E-state index contributed by atoms with van der Waals surface area (Å²) in [4.78, 5) is 37.4. The molecular formula is C17H23N3O5S. The Morgan fingerprint density at radius 3 is 2.15 bits per heavy atom. The van der Waals surface area contributed by atoms with Gasteiger partial charge in [-0.1, -0.05) is 19.1 Å². The van der Waals surface area contributed by atoms with Gasteiger partial charge in [-0.25, -0.2) is 8.42 Å². The van der Waals surface area contributed by atoms with Crippen LogP contribution in [0.1, 0.15) is 41.5 Å². The molecule has 142 valence electrons. The number of carbonyl (C=O) groups is 3. The first-order valence-corrected chi connectivity index (χ1v) is 10.0. The number of hydrogen-bond donors (Lipinski definition) is 1. The quantitative estimate of drug-likeness (QED) is 0.659. The third-order valence-corrected chi connectivity index (χ3v) is 5.84. The molecule has 1 aliphatic rings. The molecule has 1 heterocycles. The predicted octanol–water partition coefficient (Wildman–Crippen LogP) is 0.459. The van der Waals surface area contributed by atoms with Crippen LogP contribution in [0.15, 0.2) is 24.3 Å². The van der Waals surface area contributed by atoms with Gasteiger partial charge in [0.05, 0.1) is 23.4 Å². The van der Waals surface area contributed by atoms with Gasteiger partial charge >= 0.3 is 0 Å². The van der Waals surface area contributed by atoms with Gasteiger partial charge in [0, 0.05) is 19.1 Å². The molecule has 0 unspecified atom stereocenters. The maximum absolute atomic E-state index is 12.5. The largest absolute Gasteiger partial charge is 0.353 e. The Labute approximate surface area is 153 Å². The maximum atomic E-state index is 12.5. The fourth-order valence-electron chi connectivity index (χ4n) is 2.71.